The molecular formula is C19H14ClN5O2. The molecular weight excluding hydrogens is 366 g/mol. The van der Waals surface area contributed by atoms with E-state index in [0.717, 1.165) is 16.8 Å². The minimum atomic E-state index is -0.122. The first-order valence-electron chi connectivity index (χ1n) is 8.44. The van der Waals surface area contributed by atoms with Crippen LogP contribution in [0.25, 0.3) is 23.0 Å². The van der Waals surface area contributed by atoms with Crippen molar-refractivity contribution in [2.75, 3.05) is 0 Å². The molecule has 7 nitrogen and oxygen atoms in total. The van der Waals surface area contributed by atoms with Gasteiger partial charge in [-0.2, -0.15) is 4.98 Å². The third-order valence-corrected chi connectivity index (χ3v) is 4.89. The Kier molecular flexibility index (Phi) is 3.95. The zero-order chi connectivity index (χ0) is 18.2. The van der Waals surface area contributed by atoms with E-state index >= 15 is 0 Å². The van der Waals surface area contributed by atoms with Crippen LogP contribution in [0.4, 0.5) is 0 Å². The fourth-order valence-electron chi connectivity index (χ4n) is 3.17. The Bertz CT molecular complexity index is 1090. The van der Waals surface area contributed by atoms with Crippen molar-refractivity contribution in [3.63, 3.8) is 0 Å². The summed E-state index contributed by atoms with van der Waals surface area (Å²) in [5.74, 6) is 0.871. The lowest BCUT2D eigenvalue weighted by Gasteiger charge is -2.26. The summed E-state index contributed by atoms with van der Waals surface area (Å²) in [6.07, 6.45) is 5.02. The summed E-state index contributed by atoms with van der Waals surface area (Å²) in [6, 6.07) is 11.4. The third kappa shape index (κ3) is 2.90. The first-order chi connectivity index (χ1) is 13.3. The van der Waals surface area contributed by atoms with Crippen LogP contribution in [0.15, 0.2) is 59.6 Å². The van der Waals surface area contributed by atoms with Gasteiger partial charge in [0.25, 0.3) is 5.89 Å². The van der Waals surface area contributed by atoms with Crippen molar-refractivity contribution in [2.45, 2.75) is 19.3 Å². The third-order valence-electron chi connectivity index (χ3n) is 4.55. The number of imidazole rings is 1. The van der Waals surface area contributed by atoms with Gasteiger partial charge in [0.1, 0.15) is 6.10 Å². The van der Waals surface area contributed by atoms with Crippen LogP contribution in [0.3, 0.4) is 0 Å². The van der Waals surface area contributed by atoms with Crippen LogP contribution in [-0.2, 0) is 17.9 Å². The lowest BCUT2D eigenvalue weighted by molar-refractivity contribution is 0.00336. The number of pyridine rings is 1. The van der Waals surface area contributed by atoms with Gasteiger partial charge in [0.2, 0.25) is 5.82 Å². The summed E-state index contributed by atoms with van der Waals surface area (Å²) >= 11 is 6.30. The van der Waals surface area contributed by atoms with Gasteiger partial charge < -0.3 is 13.8 Å². The predicted octanol–water partition coefficient (Wildman–Crippen LogP) is 3.92. The average molecular weight is 380 g/mol. The minimum Gasteiger partial charge on any atom is -0.365 e. The summed E-state index contributed by atoms with van der Waals surface area (Å²) in [7, 11) is 0. The molecule has 0 saturated heterocycles. The first-order valence-corrected chi connectivity index (χ1v) is 8.82. The Morgan fingerprint density at radius 3 is 2.81 bits per heavy atom. The Morgan fingerprint density at radius 2 is 1.96 bits per heavy atom. The van der Waals surface area contributed by atoms with Crippen molar-refractivity contribution < 1.29 is 9.26 Å². The van der Waals surface area contributed by atoms with Crippen molar-refractivity contribution in [2.24, 2.45) is 0 Å². The Hall–Kier alpha value is -3.03. The molecule has 1 aliphatic rings. The number of ether oxygens (including phenoxy) is 1. The number of hydrogen-bond donors (Lipinski definition) is 0. The van der Waals surface area contributed by atoms with Crippen molar-refractivity contribution >= 4 is 11.6 Å². The lowest BCUT2D eigenvalue weighted by Crippen LogP contribution is -2.20. The molecule has 5 rings (SSSR count). The summed E-state index contributed by atoms with van der Waals surface area (Å²) < 4.78 is 13.5. The molecule has 0 spiro atoms. The highest BCUT2D eigenvalue weighted by atomic mass is 35.5. The van der Waals surface area contributed by atoms with Gasteiger partial charge in [-0.05, 0) is 18.2 Å². The first kappa shape index (κ1) is 16.2. The maximum atomic E-state index is 6.30. The molecule has 0 saturated carbocycles. The van der Waals surface area contributed by atoms with E-state index in [-0.39, 0.29) is 6.10 Å². The average Bonchev–Trinajstić information content (AvgIpc) is 3.35. The number of hydrogen-bond acceptors (Lipinski definition) is 6. The Morgan fingerprint density at radius 1 is 1.11 bits per heavy atom. The van der Waals surface area contributed by atoms with E-state index in [2.05, 4.69) is 20.1 Å². The van der Waals surface area contributed by atoms with Crippen molar-refractivity contribution in [1.29, 1.82) is 0 Å². The molecule has 0 aliphatic carbocycles. The maximum Gasteiger partial charge on any atom is 0.278 e. The highest BCUT2D eigenvalue weighted by Gasteiger charge is 2.27. The second-order valence-electron chi connectivity index (χ2n) is 6.17. The Balaban J connectivity index is 1.44. The predicted molar refractivity (Wildman–Crippen MR) is 97.7 cm³/mol. The summed E-state index contributed by atoms with van der Waals surface area (Å²) in [4.78, 5) is 12.9. The number of fused-ring (bicyclic) bond motifs is 1. The number of halogens is 1. The molecule has 0 radical (unpaired) electrons. The second-order valence-corrected chi connectivity index (χ2v) is 6.58. The molecule has 1 atom stereocenters. The van der Waals surface area contributed by atoms with Crippen LogP contribution in [0.2, 0.25) is 5.02 Å². The molecule has 0 fully saturated rings. The maximum absolute atomic E-state index is 6.30. The molecule has 0 N–H and O–H groups in total. The number of nitrogens with zero attached hydrogens (tertiary/aromatic N) is 5. The highest BCUT2D eigenvalue weighted by molar-refractivity contribution is 6.31. The standard InChI is InChI=1S/C19H14ClN5O2/c20-14-4-2-1-3-13(14)16-9-25-11-22-17(15(25)10-26-16)19-23-18(24-27-19)12-5-7-21-8-6-12/h1-8,11,16H,9-10H2/t16-/m1/s1. The van der Waals surface area contributed by atoms with E-state index in [0.29, 0.717) is 35.6 Å². The number of benzene rings is 1. The molecule has 0 unspecified atom stereocenters. The van der Waals surface area contributed by atoms with Gasteiger partial charge in [-0.15, -0.1) is 0 Å². The molecule has 1 aliphatic heterocycles. The fourth-order valence-corrected chi connectivity index (χ4v) is 3.43. The van der Waals surface area contributed by atoms with Gasteiger partial charge in [0.15, 0.2) is 5.69 Å². The van der Waals surface area contributed by atoms with E-state index in [1.165, 1.54) is 0 Å². The Labute approximate surface area is 159 Å². The van der Waals surface area contributed by atoms with E-state index in [4.69, 9.17) is 20.9 Å². The zero-order valence-corrected chi connectivity index (χ0v) is 14.9. The molecule has 0 amide bonds. The molecule has 8 heteroatoms. The molecule has 4 heterocycles. The van der Waals surface area contributed by atoms with Crippen LogP contribution in [-0.4, -0.2) is 24.7 Å². The minimum absolute atomic E-state index is 0.122. The summed E-state index contributed by atoms with van der Waals surface area (Å²) in [5, 5.41) is 4.74. The van der Waals surface area contributed by atoms with Gasteiger partial charge in [-0.1, -0.05) is 35.0 Å². The van der Waals surface area contributed by atoms with Crippen molar-refractivity contribution in [1.82, 2.24) is 24.7 Å². The topological polar surface area (TPSA) is 78.9 Å². The van der Waals surface area contributed by atoms with Crippen LogP contribution in [0.1, 0.15) is 17.4 Å². The second kappa shape index (κ2) is 6.61. The van der Waals surface area contributed by atoms with E-state index in [1.54, 1.807) is 18.7 Å². The van der Waals surface area contributed by atoms with E-state index in [9.17, 15) is 0 Å². The fraction of sp³-hybridized carbons (Fsp3) is 0.158. The van der Waals surface area contributed by atoms with Crippen molar-refractivity contribution in [3.05, 3.63) is 71.4 Å². The molecule has 27 heavy (non-hydrogen) atoms. The van der Waals surface area contributed by atoms with Crippen LogP contribution in [0.5, 0.6) is 0 Å². The smallest absolute Gasteiger partial charge is 0.278 e. The van der Waals surface area contributed by atoms with Crippen LogP contribution >= 0.6 is 11.6 Å². The van der Waals surface area contributed by atoms with Gasteiger partial charge in [-0.3, -0.25) is 4.98 Å². The quantitative estimate of drug-likeness (QED) is 0.536. The molecule has 4 aromatic rings. The summed E-state index contributed by atoms with van der Waals surface area (Å²) in [6.45, 7) is 1.01. The van der Waals surface area contributed by atoms with Gasteiger partial charge >= 0.3 is 0 Å². The molecule has 0 bridgehead atoms. The molecule has 1 aromatic carbocycles. The van der Waals surface area contributed by atoms with Gasteiger partial charge in [0, 0.05) is 28.5 Å². The normalized spacial score (nSPS) is 16.3. The monoisotopic (exact) mass is 379 g/mol. The zero-order valence-electron chi connectivity index (χ0n) is 14.1. The molecule has 3 aromatic heterocycles. The largest absolute Gasteiger partial charge is 0.365 e. The number of aromatic nitrogens is 5. The van der Waals surface area contributed by atoms with Crippen LogP contribution < -0.4 is 0 Å². The SMILES string of the molecule is Clc1ccccc1[C@H]1Cn2cnc(-c3nc(-c4ccncc4)no3)c2CO1. The van der Waals surface area contributed by atoms with Gasteiger partial charge in [0.05, 0.1) is 25.2 Å². The van der Waals surface area contributed by atoms with Crippen molar-refractivity contribution in [3.8, 4) is 23.0 Å². The number of rotatable bonds is 3. The van der Waals surface area contributed by atoms with Gasteiger partial charge in [-0.25, -0.2) is 4.98 Å². The van der Waals surface area contributed by atoms with Crippen LogP contribution in [0, 0.1) is 0 Å². The van der Waals surface area contributed by atoms with E-state index < -0.39 is 0 Å². The summed E-state index contributed by atoms with van der Waals surface area (Å²) in [5.41, 5.74) is 3.35. The lowest BCUT2D eigenvalue weighted by atomic mass is 10.1. The highest BCUT2D eigenvalue weighted by Crippen LogP contribution is 2.34. The van der Waals surface area contributed by atoms with E-state index in [1.807, 2.05) is 41.0 Å². The molecule has 134 valence electrons.